The molecule has 0 unspecified atom stereocenters. The van der Waals surface area contributed by atoms with Crippen LogP contribution in [-0.2, 0) is 4.79 Å². The summed E-state index contributed by atoms with van der Waals surface area (Å²) in [6.45, 7) is 0. The van der Waals surface area contributed by atoms with Crippen LogP contribution in [0.25, 0.3) is 6.08 Å². The van der Waals surface area contributed by atoms with Gasteiger partial charge in [0.2, 0.25) is 0 Å². The van der Waals surface area contributed by atoms with Crippen molar-refractivity contribution in [2.75, 3.05) is 5.32 Å². The van der Waals surface area contributed by atoms with Crippen molar-refractivity contribution in [3.05, 3.63) is 68.1 Å². The predicted octanol–water partition coefficient (Wildman–Crippen LogP) is 5.30. The summed E-state index contributed by atoms with van der Waals surface area (Å²) in [5.41, 5.74) is 0.950. The van der Waals surface area contributed by atoms with E-state index in [0.29, 0.717) is 10.0 Å². The van der Waals surface area contributed by atoms with E-state index in [1.807, 2.05) is 24.3 Å². The topological polar surface area (TPSA) is 52.9 Å². The number of nitriles is 1. The lowest BCUT2D eigenvalue weighted by Crippen LogP contribution is -2.14. The molecule has 0 spiro atoms. The highest BCUT2D eigenvalue weighted by atomic mass is 79.9. The Balaban J connectivity index is 2.31. The zero-order valence-electron chi connectivity index (χ0n) is 11.1. The van der Waals surface area contributed by atoms with Crippen molar-refractivity contribution >= 4 is 56.8 Å². The molecule has 3 nitrogen and oxygen atoms in total. The number of hydrogen-bond acceptors (Lipinski definition) is 2. The van der Waals surface area contributed by atoms with E-state index >= 15 is 0 Å². The summed E-state index contributed by atoms with van der Waals surface area (Å²) in [7, 11) is 0. The fourth-order valence-electron chi connectivity index (χ4n) is 1.69. The van der Waals surface area contributed by atoms with E-state index in [0.717, 1.165) is 10.0 Å². The van der Waals surface area contributed by atoms with Crippen LogP contribution in [0.5, 0.6) is 0 Å². The first-order valence-electron chi connectivity index (χ1n) is 6.14. The molecule has 22 heavy (non-hydrogen) atoms. The van der Waals surface area contributed by atoms with E-state index in [1.165, 1.54) is 6.08 Å². The van der Waals surface area contributed by atoms with Crippen LogP contribution in [0.15, 0.2) is 52.5 Å². The third-order valence-electron chi connectivity index (χ3n) is 2.77. The second-order valence-corrected chi connectivity index (χ2v) is 5.91. The Hall–Kier alpha value is -1.80. The van der Waals surface area contributed by atoms with E-state index < -0.39 is 5.91 Å². The number of halogens is 3. The summed E-state index contributed by atoms with van der Waals surface area (Å²) in [4.78, 5) is 12.2. The highest BCUT2D eigenvalue weighted by Crippen LogP contribution is 2.30. The first kappa shape index (κ1) is 16.6. The lowest BCUT2D eigenvalue weighted by molar-refractivity contribution is -0.112. The van der Waals surface area contributed by atoms with Crippen molar-refractivity contribution in [1.29, 1.82) is 5.26 Å². The minimum absolute atomic E-state index is 0.0529. The molecule has 0 aliphatic rings. The molecule has 110 valence electrons. The van der Waals surface area contributed by atoms with Crippen molar-refractivity contribution < 1.29 is 4.79 Å². The molecule has 1 N–H and O–H groups in total. The molecule has 0 aliphatic carbocycles. The zero-order chi connectivity index (χ0) is 16.1. The van der Waals surface area contributed by atoms with Gasteiger partial charge in [0, 0.05) is 4.47 Å². The van der Waals surface area contributed by atoms with Gasteiger partial charge in [-0.05, 0) is 29.8 Å². The first-order valence-corrected chi connectivity index (χ1v) is 7.69. The molecule has 0 saturated heterocycles. The summed E-state index contributed by atoms with van der Waals surface area (Å²) in [6.07, 6.45) is 1.49. The van der Waals surface area contributed by atoms with Crippen LogP contribution in [0.1, 0.15) is 5.56 Å². The fraction of sp³-hybridized carbons (Fsp3) is 0. The largest absolute Gasteiger partial charge is 0.319 e. The van der Waals surface area contributed by atoms with Gasteiger partial charge in [0.1, 0.15) is 11.6 Å². The Morgan fingerprint density at radius 2 is 1.77 bits per heavy atom. The van der Waals surface area contributed by atoms with Gasteiger partial charge in [0.25, 0.3) is 5.91 Å². The molecule has 6 heteroatoms. The summed E-state index contributed by atoms with van der Waals surface area (Å²) in [5.74, 6) is -0.576. The monoisotopic (exact) mass is 394 g/mol. The van der Waals surface area contributed by atoms with E-state index in [2.05, 4.69) is 21.2 Å². The Morgan fingerprint density at radius 3 is 2.36 bits per heavy atom. The van der Waals surface area contributed by atoms with Gasteiger partial charge < -0.3 is 5.32 Å². The number of carbonyl (C=O) groups excluding carboxylic acids is 1. The number of nitrogens with zero attached hydrogens (tertiary/aromatic N) is 1. The maximum Gasteiger partial charge on any atom is 0.266 e. The van der Waals surface area contributed by atoms with Crippen molar-refractivity contribution in [2.24, 2.45) is 0 Å². The van der Waals surface area contributed by atoms with Crippen molar-refractivity contribution in [3.8, 4) is 6.07 Å². The summed E-state index contributed by atoms with van der Waals surface area (Å²) in [5, 5.41) is 12.4. The summed E-state index contributed by atoms with van der Waals surface area (Å²) in [6, 6.07) is 14.0. The number of hydrogen-bond donors (Lipinski definition) is 1. The molecule has 0 bridgehead atoms. The van der Waals surface area contributed by atoms with Crippen molar-refractivity contribution in [3.63, 3.8) is 0 Å². The molecule has 0 saturated carbocycles. The molecule has 0 heterocycles. The zero-order valence-corrected chi connectivity index (χ0v) is 14.2. The predicted molar refractivity (Wildman–Crippen MR) is 92.8 cm³/mol. The second-order valence-electron chi connectivity index (χ2n) is 4.24. The van der Waals surface area contributed by atoms with Gasteiger partial charge >= 0.3 is 0 Å². The molecule has 1 amide bonds. The minimum atomic E-state index is -0.576. The smallest absolute Gasteiger partial charge is 0.266 e. The van der Waals surface area contributed by atoms with Gasteiger partial charge in [-0.15, -0.1) is 0 Å². The fourth-order valence-corrected chi connectivity index (χ4v) is 2.59. The van der Waals surface area contributed by atoms with Crippen LogP contribution in [0.2, 0.25) is 10.0 Å². The second kappa shape index (κ2) is 7.46. The summed E-state index contributed by atoms with van der Waals surface area (Å²) < 4.78 is 0.784. The average molecular weight is 396 g/mol. The highest BCUT2D eigenvalue weighted by molar-refractivity contribution is 9.10. The molecule has 0 aliphatic heterocycles. The maximum absolute atomic E-state index is 12.2. The number of carbonyl (C=O) groups is 1. The molecular formula is C16H9BrCl2N2O. The van der Waals surface area contributed by atoms with Gasteiger partial charge in [-0.1, -0.05) is 63.4 Å². The maximum atomic E-state index is 12.2. The van der Waals surface area contributed by atoms with Gasteiger partial charge in [0.05, 0.1) is 15.7 Å². The Morgan fingerprint density at radius 1 is 1.14 bits per heavy atom. The van der Waals surface area contributed by atoms with Crippen LogP contribution in [0.4, 0.5) is 5.69 Å². The van der Waals surface area contributed by atoms with Crippen LogP contribution < -0.4 is 5.32 Å². The van der Waals surface area contributed by atoms with E-state index in [1.54, 1.807) is 24.3 Å². The number of para-hydroxylation sites is 1. The number of amides is 1. The normalized spacial score (nSPS) is 10.9. The van der Waals surface area contributed by atoms with Crippen LogP contribution in [0.3, 0.4) is 0 Å². The number of anilines is 1. The molecule has 2 aromatic rings. The minimum Gasteiger partial charge on any atom is -0.319 e. The molecule has 0 atom stereocenters. The lowest BCUT2D eigenvalue weighted by Gasteiger charge is -2.08. The Labute approximate surface area is 146 Å². The third kappa shape index (κ3) is 3.89. The van der Waals surface area contributed by atoms with Crippen molar-refractivity contribution in [2.45, 2.75) is 0 Å². The highest BCUT2D eigenvalue weighted by Gasteiger charge is 2.14. The van der Waals surface area contributed by atoms with Gasteiger partial charge in [-0.25, -0.2) is 0 Å². The number of benzene rings is 2. The van der Waals surface area contributed by atoms with Gasteiger partial charge in [-0.3, -0.25) is 4.79 Å². The SMILES string of the molecule is N#C/C(=C\c1ccccc1Br)C(=O)Nc1c(Cl)cccc1Cl. The molecular weight excluding hydrogens is 387 g/mol. The van der Waals surface area contributed by atoms with E-state index in [4.69, 9.17) is 23.2 Å². The van der Waals surface area contributed by atoms with Gasteiger partial charge in [0.15, 0.2) is 0 Å². The molecule has 0 radical (unpaired) electrons. The molecule has 2 rings (SSSR count). The first-order chi connectivity index (χ1) is 10.5. The van der Waals surface area contributed by atoms with Gasteiger partial charge in [-0.2, -0.15) is 5.26 Å². The molecule has 2 aromatic carbocycles. The van der Waals surface area contributed by atoms with E-state index in [9.17, 15) is 10.1 Å². The van der Waals surface area contributed by atoms with Crippen LogP contribution >= 0.6 is 39.1 Å². The lowest BCUT2D eigenvalue weighted by atomic mass is 10.1. The third-order valence-corrected chi connectivity index (χ3v) is 4.12. The Kier molecular flexibility index (Phi) is 5.62. The van der Waals surface area contributed by atoms with Crippen LogP contribution in [0, 0.1) is 11.3 Å². The average Bonchev–Trinajstić information content (AvgIpc) is 2.50. The Bertz CT molecular complexity index is 777. The quantitative estimate of drug-likeness (QED) is 0.566. The number of nitrogens with one attached hydrogen (secondary N) is 1. The van der Waals surface area contributed by atoms with E-state index in [-0.39, 0.29) is 11.3 Å². The van der Waals surface area contributed by atoms with Crippen LogP contribution in [-0.4, -0.2) is 5.91 Å². The number of rotatable bonds is 3. The van der Waals surface area contributed by atoms with Crippen molar-refractivity contribution in [1.82, 2.24) is 0 Å². The summed E-state index contributed by atoms with van der Waals surface area (Å²) >= 11 is 15.4. The molecule has 0 fully saturated rings. The molecule has 0 aromatic heterocycles. The standard InChI is InChI=1S/C16H9BrCl2N2O/c17-12-5-2-1-4-10(12)8-11(9-20)16(22)21-15-13(18)6-3-7-14(15)19/h1-8H,(H,21,22)/b11-8+.